The van der Waals surface area contributed by atoms with E-state index >= 15 is 0 Å². The maximum absolute atomic E-state index is 10.3. The predicted molar refractivity (Wildman–Crippen MR) is 106 cm³/mol. The zero-order chi connectivity index (χ0) is 18.1. The van der Waals surface area contributed by atoms with E-state index in [0.29, 0.717) is 17.3 Å². The lowest BCUT2D eigenvalue weighted by Gasteiger charge is -2.51. The van der Waals surface area contributed by atoms with Crippen LogP contribution in [0, 0.1) is 18.3 Å². The lowest BCUT2D eigenvalue weighted by Crippen LogP contribution is -2.44. The summed E-state index contributed by atoms with van der Waals surface area (Å²) in [6.45, 7) is 11.7. The SMILES string of the molecule is Cc1c(O)c(O)cc2c3c(sc12)C(C)CC[C@@H]1C(C)(C)CCC[C@@]31C. The first-order chi connectivity index (χ1) is 11.7. The molecular formula is C22H30O2S. The van der Waals surface area contributed by atoms with Crippen LogP contribution >= 0.6 is 11.3 Å². The number of phenols is 2. The monoisotopic (exact) mass is 358 g/mol. The summed E-state index contributed by atoms with van der Waals surface area (Å²) in [6, 6.07) is 1.83. The molecule has 2 aliphatic carbocycles. The normalized spacial score (nSPS) is 31.4. The summed E-state index contributed by atoms with van der Waals surface area (Å²) in [6.07, 6.45) is 6.34. The van der Waals surface area contributed by atoms with Crippen molar-refractivity contribution >= 4 is 21.4 Å². The van der Waals surface area contributed by atoms with Crippen LogP contribution in [0.3, 0.4) is 0 Å². The van der Waals surface area contributed by atoms with Crippen LogP contribution < -0.4 is 0 Å². The Kier molecular flexibility index (Phi) is 3.71. The summed E-state index contributed by atoms with van der Waals surface area (Å²) in [5.74, 6) is 1.29. The van der Waals surface area contributed by atoms with Gasteiger partial charge < -0.3 is 10.2 Å². The van der Waals surface area contributed by atoms with Crippen LogP contribution in [0.25, 0.3) is 10.1 Å². The van der Waals surface area contributed by atoms with Crippen molar-refractivity contribution in [3.63, 3.8) is 0 Å². The molecule has 0 bridgehead atoms. The van der Waals surface area contributed by atoms with E-state index in [4.69, 9.17) is 0 Å². The number of hydrogen-bond acceptors (Lipinski definition) is 3. The highest BCUT2D eigenvalue weighted by Crippen LogP contribution is 2.61. The smallest absolute Gasteiger partial charge is 0.161 e. The van der Waals surface area contributed by atoms with E-state index in [1.165, 1.54) is 47.9 Å². The molecule has 1 heterocycles. The third-order valence-corrected chi connectivity index (χ3v) is 8.89. The number of phenolic OH excluding ortho intramolecular Hbond substituents is 2. The summed E-state index contributed by atoms with van der Waals surface area (Å²) < 4.78 is 1.16. The largest absolute Gasteiger partial charge is 0.504 e. The minimum atomic E-state index is 0.0257. The molecule has 25 heavy (non-hydrogen) atoms. The van der Waals surface area contributed by atoms with Crippen molar-refractivity contribution < 1.29 is 10.2 Å². The molecule has 0 radical (unpaired) electrons. The molecule has 3 heteroatoms. The highest BCUT2D eigenvalue weighted by molar-refractivity contribution is 7.19. The van der Waals surface area contributed by atoms with Gasteiger partial charge in [0.05, 0.1) is 0 Å². The van der Waals surface area contributed by atoms with Gasteiger partial charge in [-0.05, 0) is 66.9 Å². The molecule has 1 aromatic carbocycles. The molecule has 0 saturated heterocycles. The molecular weight excluding hydrogens is 328 g/mol. The molecule has 2 nitrogen and oxygen atoms in total. The van der Waals surface area contributed by atoms with Gasteiger partial charge in [-0.2, -0.15) is 0 Å². The van der Waals surface area contributed by atoms with E-state index in [0.717, 1.165) is 10.3 Å². The number of fused-ring (bicyclic) bond motifs is 5. The van der Waals surface area contributed by atoms with Gasteiger partial charge in [0.15, 0.2) is 11.5 Å². The predicted octanol–water partition coefficient (Wildman–Crippen LogP) is 6.60. The highest BCUT2D eigenvalue weighted by atomic mass is 32.1. The summed E-state index contributed by atoms with van der Waals surface area (Å²) in [7, 11) is 0. The van der Waals surface area contributed by atoms with Crippen LogP contribution in [-0.4, -0.2) is 10.2 Å². The van der Waals surface area contributed by atoms with E-state index in [9.17, 15) is 10.2 Å². The first-order valence-corrected chi connectivity index (χ1v) is 10.5. The maximum atomic E-state index is 10.3. The fourth-order valence-corrected chi connectivity index (χ4v) is 7.50. The second-order valence-corrected chi connectivity index (χ2v) is 10.4. The van der Waals surface area contributed by atoms with E-state index < -0.39 is 0 Å². The molecule has 0 spiro atoms. The molecule has 2 N–H and O–H groups in total. The number of hydrogen-bond donors (Lipinski definition) is 2. The lowest BCUT2D eigenvalue weighted by atomic mass is 9.53. The molecule has 136 valence electrons. The Bertz CT molecular complexity index is 848. The average Bonchev–Trinajstić information content (AvgIpc) is 2.86. The summed E-state index contributed by atoms with van der Waals surface area (Å²) in [4.78, 5) is 1.49. The Labute approximate surface area is 154 Å². The minimum Gasteiger partial charge on any atom is -0.504 e. The van der Waals surface area contributed by atoms with Crippen molar-refractivity contribution in [2.24, 2.45) is 11.3 Å². The first kappa shape index (κ1) is 17.2. The molecule has 2 aliphatic rings. The Morgan fingerprint density at radius 1 is 1.12 bits per heavy atom. The van der Waals surface area contributed by atoms with Crippen LogP contribution in [0.5, 0.6) is 11.5 Å². The zero-order valence-corrected chi connectivity index (χ0v) is 16.9. The lowest BCUT2D eigenvalue weighted by molar-refractivity contribution is 0.0505. The quantitative estimate of drug-likeness (QED) is 0.521. The third kappa shape index (κ3) is 2.27. The van der Waals surface area contributed by atoms with Gasteiger partial charge in [0.2, 0.25) is 0 Å². The number of thiophene rings is 1. The Morgan fingerprint density at radius 2 is 1.84 bits per heavy atom. The van der Waals surface area contributed by atoms with E-state index in [2.05, 4.69) is 27.7 Å². The summed E-state index contributed by atoms with van der Waals surface area (Å²) >= 11 is 1.85. The van der Waals surface area contributed by atoms with Crippen LogP contribution in [0.15, 0.2) is 6.07 Å². The molecule has 1 fully saturated rings. The third-order valence-electron chi connectivity index (χ3n) is 7.33. The molecule has 1 unspecified atom stereocenters. The molecule has 4 rings (SSSR count). The molecule has 1 saturated carbocycles. The fourth-order valence-electron chi connectivity index (χ4n) is 6.00. The molecule has 1 aromatic heterocycles. The van der Waals surface area contributed by atoms with Crippen molar-refractivity contribution in [2.75, 3.05) is 0 Å². The van der Waals surface area contributed by atoms with Crippen LogP contribution in [0.2, 0.25) is 0 Å². The second kappa shape index (κ2) is 5.39. The van der Waals surface area contributed by atoms with E-state index in [1.54, 1.807) is 0 Å². The zero-order valence-electron chi connectivity index (χ0n) is 16.1. The summed E-state index contributed by atoms with van der Waals surface area (Å²) in [5, 5.41) is 21.7. The number of aryl methyl sites for hydroxylation is 1. The molecule has 2 aromatic rings. The molecule has 0 aliphatic heterocycles. The standard InChI is InChI=1S/C22H30O2S/c1-12-7-8-16-21(3,4)9-6-10-22(16,5)17-14-11-15(23)18(24)13(2)20(14)25-19(12)17/h11-12,16,23-24H,6-10H2,1-5H3/t12?,16-,22-/m1/s1. The number of benzene rings is 1. The van der Waals surface area contributed by atoms with Crippen molar-refractivity contribution in [2.45, 2.75) is 78.1 Å². The molecule has 3 atom stereocenters. The van der Waals surface area contributed by atoms with Crippen LogP contribution in [-0.2, 0) is 5.41 Å². The maximum Gasteiger partial charge on any atom is 0.161 e. The highest BCUT2D eigenvalue weighted by Gasteiger charge is 2.50. The molecule has 0 amide bonds. The Balaban J connectivity index is 2.07. The minimum absolute atomic E-state index is 0.0257. The number of aromatic hydroxyl groups is 2. The van der Waals surface area contributed by atoms with E-state index in [1.807, 2.05) is 24.3 Å². The van der Waals surface area contributed by atoms with Crippen LogP contribution in [0.1, 0.15) is 81.7 Å². The van der Waals surface area contributed by atoms with Crippen molar-refractivity contribution in [1.82, 2.24) is 0 Å². The second-order valence-electron chi connectivity index (χ2n) is 9.38. The van der Waals surface area contributed by atoms with Crippen molar-refractivity contribution in [3.8, 4) is 11.5 Å². The average molecular weight is 359 g/mol. The van der Waals surface area contributed by atoms with Gasteiger partial charge in [0.1, 0.15) is 0 Å². The van der Waals surface area contributed by atoms with Crippen molar-refractivity contribution in [3.05, 3.63) is 22.1 Å². The van der Waals surface area contributed by atoms with Gasteiger partial charge in [-0.25, -0.2) is 0 Å². The van der Waals surface area contributed by atoms with Crippen molar-refractivity contribution in [1.29, 1.82) is 0 Å². The van der Waals surface area contributed by atoms with E-state index in [-0.39, 0.29) is 16.9 Å². The van der Waals surface area contributed by atoms with Gasteiger partial charge >= 0.3 is 0 Å². The van der Waals surface area contributed by atoms with Crippen LogP contribution in [0.4, 0.5) is 0 Å². The Morgan fingerprint density at radius 3 is 2.56 bits per heavy atom. The topological polar surface area (TPSA) is 40.5 Å². The van der Waals surface area contributed by atoms with Gasteiger partial charge in [0, 0.05) is 20.5 Å². The summed E-state index contributed by atoms with van der Waals surface area (Å²) in [5.41, 5.74) is 2.83. The number of rotatable bonds is 0. The van der Waals surface area contributed by atoms with Gasteiger partial charge in [-0.3, -0.25) is 0 Å². The Hall–Kier alpha value is -1.22. The van der Waals surface area contributed by atoms with Gasteiger partial charge in [-0.15, -0.1) is 11.3 Å². The fraction of sp³-hybridized carbons (Fsp3) is 0.636. The van der Waals surface area contributed by atoms with Gasteiger partial charge in [0.25, 0.3) is 0 Å². The first-order valence-electron chi connectivity index (χ1n) is 9.65. The van der Waals surface area contributed by atoms with Gasteiger partial charge in [-0.1, -0.05) is 34.1 Å².